The van der Waals surface area contributed by atoms with Gasteiger partial charge in [-0.1, -0.05) is 18.3 Å². The van der Waals surface area contributed by atoms with Crippen LogP contribution in [0.4, 0.5) is 17.6 Å². The summed E-state index contributed by atoms with van der Waals surface area (Å²) in [7, 11) is -3.83. The number of hydrogen-bond donors (Lipinski definition) is 1. The van der Waals surface area contributed by atoms with Crippen LogP contribution in [-0.2, 0) is 10.0 Å². The Hall–Kier alpha value is -1.26. The minimum absolute atomic E-state index is 0.0591. The molecule has 112 valence electrons. The third-order valence-electron chi connectivity index (χ3n) is 2.31. The summed E-state index contributed by atoms with van der Waals surface area (Å²) in [5.41, 5.74) is 4.63. The number of hydrogen-bond acceptors (Lipinski definition) is 3. The van der Waals surface area contributed by atoms with Crippen molar-refractivity contribution < 1.29 is 26.0 Å². The van der Waals surface area contributed by atoms with Gasteiger partial charge in [-0.15, -0.1) is 0 Å². The zero-order valence-electron chi connectivity index (χ0n) is 10.1. The van der Waals surface area contributed by atoms with Gasteiger partial charge in [-0.25, -0.2) is 12.8 Å². The highest BCUT2D eigenvalue weighted by molar-refractivity contribution is 7.89. The van der Waals surface area contributed by atoms with Crippen LogP contribution in [0.15, 0.2) is 23.1 Å². The molecule has 1 rings (SSSR count). The average molecular weight is 330 g/mol. The summed E-state index contributed by atoms with van der Waals surface area (Å²) in [6.45, 7) is -1.71. The van der Waals surface area contributed by atoms with Crippen molar-refractivity contribution in [1.82, 2.24) is 4.31 Å². The Morgan fingerprint density at radius 1 is 1.40 bits per heavy atom. The predicted octanol–water partition coefficient (Wildman–Crippen LogP) is 1.64. The van der Waals surface area contributed by atoms with Gasteiger partial charge >= 0.3 is 6.18 Å². The van der Waals surface area contributed by atoms with E-state index in [1.165, 1.54) is 0 Å². The molecule has 0 aromatic heterocycles. The highest BCUT2D eigenvalue weighted by Gasteiger charge is 2.36. The lowest BCUT2D eigenvalue weighted by molar-refractivity contribution is -0.134. The maximum atomic E-state index is 13.6. The minimum atomic E-state index is -4.72. The van der Waals surface area contributed by atoms with Crippen LogP contribution in [0.1, 0.15) is 5.56 Å². The van der Waals surface area contributed by atoms with Crippen molar-refractivity contribution in [3.63, 3.8) is 0 Å². The molecule has 0 unspecified atom stereocenters. The Labute approximate surface area is 118 Å². The van der Waals surface area contributed by atoms with E-state index < -0.39 is 44.0 Å². The SMILES string of the molecule is CN(CC(F)(F)F)S(=O)(=O)c1cccc(F)c1C(N)=S. The number of alkyl halides is 3. The van der Waals surface area contributed by atoms with Crippen LogP contribution in [0.25, 0.3) is 0 Å². The maximum Gasteiger partial charge on any atom is 0.402 e. The van der Waals surface area contributed by atoms with Crippen LogP contribution < -0.4 is 5.73 Å². The lowest BCUT2D eigenvalue weighted by atomic mass is 10.2. The molecule has 0 atom stereocenters. The number of thiocarbonyl (C=S) groups is 1. The van der Waals surface area contributed by atoms with Gasteiger partial charge in [0.05, 0.1) is 10.5 Å². The van der Waals surface area contributed by atoms with Crippen LogP contribution in [0.5, 0.6) is 0 Å². The number of sulfonamides is 1. The molecule has 0 amide bonds. The third kappa shape index (κ3) is 3.64. The third-order valence-corrected chi connectivity index (χ3v) is 4.36. The molecule has 10 heteroatoms. The average Bonchev–Trinajstić information content (AvgIpc) is 2.25. The fourth-order valence-corrected chi connectivity index (χ4v) is 3.10. The first-order chi connectivity index (χ1) is 8.97. The van der Waals surface area contributed by atoms with Crippen molar-refractivity contribution in [3.05, 3.63) is 29.6 Å². The second-order valence-corrected chi connectivity index (χ2v) is 6.31. The van der Waals surface area contributed by atoms with Gasteiger partial charge in [0.15, 0.2) is 0 Å². The van der Waals surface area contributed by atoms with E-state index in [2.05, 4.69) is 12.2 Å². The molecule has 0 heterocycles. The summed E-state index contributed by atoms with van der Waals surface area (Å²) in [5, 5.41) is 0. The van der Waals surface area contributed by atoms with Gasteiger partial charge in [-0.2, -0.15) is 17.5 Å². The molecule has 0 spiro atoms. The van der Waals surface area contributed by atoms with Crippen molar-refractivity contribution in [2.24, 2.45) is 5.73 Å². The summed E-state index contributed by atoms with van der Waals surface area (Å²) in [6, 6.07) is 2.91. The van der Waals surface area contributed by atoms with E-state index in [1.54, 1.807) is 0 Å². The molecule has 1 aromatic carbocycles. The van der Waals surface area contributed by atoms with E-state index in [0.717, 1.165) is 25.2 Å². The smallest absolute Gasteiger partial charge is 0.389 e. The Kier molecular flexibility index (Phi) is 4.72. The number of nitrogens with zero attached hydrogens (tertiary/aromatic N) is 1. The van der Waals surface area contributed by atoms with E-state index in [-0.39, 0.29) is 4.31 Å². The summed E-state index contributed by atoms with van der Waals surface area (Å²) in [5.74, 6) is -1.01. The number of nitrogens with two attached hydrogens (primary N) is 1. The zero-order valence-corrected chi connectivity index (χ0v) is 11.7. The molecule has 0 aliphatic heterocycles. The molecule has 2 N–H and O–H groups in total. The van der Waals surface area contributed by atoms with Gasteiger partial charge < -0.3 is 5.73 Å². The quantitative estimate of drug-likeness (QED) is 0.673. The summed E-state index contributed by atoms with van der Waals surface area (Å²) in [6.07, 6.45) is -4.72. The fraction of sp³-hybridized carbons (Fsp3) is 0.300. The van der Waals surface area contributed by atoms with Crippen LogP contribution in [0.3, 0.4) is 0 Å². The molecular weight excluding hydrogens is 320 g/mol. The maximum absolute atomic E-state index is 13.6. The van der Waals surface area contributed by atoms with Crippen LogP contribution >= 0.6 is 12.2 Å². The second-order valence-electron chi connectivity index (χ2n) is 3.85. The summed E-state index contributed by atoms with van der Waals surface area (Å²) in [4.78, 5) is -1.25. The van der Waals surface area contributed by atoms with Gasteiger partial charge in [0.1, 0.15) is 17.4 Å². The topological polar surface area (TPSA) is 63.4 Å². The Morgan fingerprint density at radius 3 is 2.40 bits per heavy atom. The molecule has 0 aliphatic carbocycles. The second kappa shape index (κ2) is 5.62. The molecule has 0 radical (unpaired) electrons. The van der Waals surface area contributed by atoms with Crippen LogP contribution in [-0.4, -0.2) is 37.5 Å². The van der Waals surface area contributed by atoms with Crippen molar-refractivity contribution >= 4 is 27.2 Å². The molecule has 0 aliphatic rings. The first-order valence-corrected chi connectivity index (χ1v) is 6.93. The molecule has 0 bridgehead atoms. The molecule has 20 heavy (non-hydrogen) atoms. The molecule has 0 saturated heterocycles. The van der Waals surface area contributed by atoms with E-state index >= 15 is 0 Å². The monoisotopic (exact) mass is 330 g/mol. The van der Waals surface area contributed by atoms with Crippen molar-refractivity contribution in [3.8, 4) is 0 Å². The van der Waals surface area contributed by atoms with Gasteiger partial charge in [-0.05, 0) is 12.1 Å². The van der Waals surface area contributed by atoms with E-state index in [1.807, 2.05) is 0 Å². The molecule has 0 saturated carbocycles. The van der Waals surface area contributed by atoms with Gasteiger partial charge in [-0.3, -0.25) is 0 Å². The molecular formula is C10H10F4N2O2S2. The standard InChI is InChI=1S/C10H10F4N2O2S2/c1-16(5-10(12,13)14)20(17,18)7-4-2-3-6(11)8(7)9(15)19/h2-4H,5H2,1H3,(H2,15,19). The number of rotatable bonds is 4. The highest BCUT2D eigenvalue weighted by Crippen LogP contribution is 2.25. The molecule has 1 aromatic rings. The van der Waals surface area contributed by atoms with Crippen molar-refractivity contribution in [2.75, 3.05) is 13.6 Å². The molecule has 4 nitrogen and oxygen atoms in total. The van der Waals surface area contributed by atoms with E-state index in [9.17, 15) is 26.0 Å². The number of benzene rings is 1. The summed E-state index contributed by atoms with van der Waals surface area (Å²) >= 11 is 4.53. The lowest BCUT2D eigenvalue weighted by Gasteiger charge is -2.20. The Bertz CT molecular complexity index is 629. The van der Waals surface area contributed by atoms with Gasteiger partial charge in [0.25, 0.3) is 0 Å². The van der Waals surface area contributed by atoms with Gasteiger partial charge in [0, 0.05) is 7.05 Å². The first kappa shape index (κ1) is 16.8. The largest absolute Gasteiger partial charge is 0.402 e. The van der Waals surface area contributed by atoms with Crippen LogP contribution in [0, 0.1) is 5.82 Å². The summed E-state index contributed by atoms with van der Waals surface area (Å²) < 4.78 is 74.5. The Balaban J connectivity index is 3.37. The Morgan fingerprint density at radius 2 is 1.95 bits per heavy atom. The van der Waals surface area contributed by atoms with Crippen LogP contribution in [0.2, 0.25) is 0 Å². The number of halogens is 4. The lowest BCUT2D eigenvalue weighted by Crippen LogP contribution is -2.36. The normalized spacial score (nSPS) is 12.7. The zero-order chi connectivity index (χ0) is 15.7. The highest BCUT2D eigenvalue weighted by atomic mass is 32.2. The van der Waals surface area contributed by atoms with Crippen molar-refractivity contribution in [1.29, 1.82) is 0 Å². The molecule has 0 fully saturated rings. The first-order valence-electron chi connectivity index (χ1n) is 5.08. The van der Waals surface area contributed by atoms with E-state index in [0.29, 0.717) is 0 Å². The van der Waals surface area contributed by atoms with Gasteiger partial charge in [0.2, 0.25) is 10.0 Å². The minimum Gasteiger partial charge on any atom is -0.389 e. The predicted molar refractivity (Wildman–Crippen MR) is 68.2 cm³/mol. The van der Waals surface area contributed by atoms with E-state index in [4.69, 9.17) is 5.73 Å². The fourth-order valence-electron chi connectivity index (χ4n) is 1.46. The van der Waals surface area contributed by atoms with Crippen molar-refractivity contribution in [2.45, 2.75) is 11.1 Å².